The van der Waals surface area contributed by atoms with Crippen LogP contribution in [0.4, 0.5) is 22.7 Å². The minimum Gasteiger partial charge on any atom is -0.332 e. The van der Waals surface area contributed by atoms with Gasteiger partial charge in [0.05, 0.1) is 21.5 Å². The van der Waals surface area contributed by atoms with E-state index in [1.165, 1.54) is 6.92 Å². The summed E-state index contributed by atoms with van der Waals surface area (Å²) < 4.78 is 0. The average Bonchev–Trinajstić information content (AvgIpc) is 2.60. The van der Waals surface area contributed by atoms with Gasteiger partial charge in [-0.1, -0.05) is 6.07 Å². The molecule has 0 fully saturated rings. The van der Waals surface area contributed by atoms with Crippen molar-refractivity contribution in [3.05, 3.63) is 68.3 Å². The van der Waals surface area contributed by atoms with Crippen LogP contribution < -0.4 is 16.0 Å². The summed E-state index contributed by atoms with van der Waals surface area (Å²) in [5.74, 6) is -1.12. The first-order valence-corrected chi connectivity index (χ1v) is 8.00. The zero-order valence-electron chi connectivity index (χ0n) is 14.3. The van der Waals surface area contributed by atoms with Gasteiger partial charge < -0.3 is 10.6 Å². The minimum atomic E-state index is -0.859. The van der Waals surface area contributed by atoms with Crippen molar-refractivity contribution in [2.45, 2.75) is 6.92 Å². The maximum atomic E-state index is 12.3. The Balaban J connectivity index is 2.14. The maximum absolute atomic E-state index is 12.3. The maximum Gasteiger partial charge on any atom is 0.277 e. The smallest absolute Gasteiger partial charge is 0.277 e. The number of rotatable bonds is 5. The van der Waals surface area contributed by atoms with E-state index < -0.39 is 27.1 Å². The lowest BCUT2D eigenvalue weighted by Gasteiger charge is -2.11. The second-order valence-corrected chi connectivity index (χ2v) is 5.83. The Morgan fingerprint density at radius 3 is 1.96 bits per heavy atom. The number of nitrogens with one attached hydrogen (secondary N) is 3. The van der Waals surface area contributed by atoms with Crippen molar-refractivity contribution in [1.29, 1.82) is 0 Å². The average molecular weight is 403 g/mol. The van der Waals surface area contributed by atoms with Crippen LogP contribution in [0.3, 0.4) is 0 Å². The van der Waals surface area contributed by atoms with Crippen LogP contribution in [-0.2, 0) is 4.79 Å². The molecule has 0 heterocycles. The van der Waals surface area contributed by atoms with Gasteiger partial charge in [-0.2, -0.15) is 0 Å². The number of carbonyl (C=O) groups is 2. The van der Waals surface area contributed by atoms with Crippen LogP contribution in [0.25, 0.3) is 0 Å². The highest BCUT2D eigenvalue weighted by Gasteiger charge is 2.20. The molecule has 0 aliphatic rings. The molecule has 2 aromatic carbocycles. The van der Waals surface area contributed by atoms with E-state index in [0.717, 1.165) is 18.2 Å². The standard InChI is InChI=1S/C16H13N5O6S/c1-9(22)17-11-3-2-4-12(7-11)18-16(28)19-15(23)10-5-13(20(24)25)8-14(6-10)21(26)27/h2-8H,1H3,(H,17,22)(H2,18,19,23,28). The van der Waals surface area contributed by atoms with Crippen LogP contribution in [-0.4, -0.2) is 26.8 Å². The molecule has 0 atom stereocenters. The second-order valence-electron chi connectivity index (χ2n) is 5.42. The molecule has 0 saturated carbocycles. The molecule has 11 nitrogen and oxygen atoms in total. The zero-order valence-corrected chi connectivity index (χ0v) is 15.1. The molecular formula is C16H13N5O6S. The second kappa shape index (κ2) is 8.64. The molecule has 2 rings (SSSR count). The van der Waals surface area contributed by atoms with E-state index >= 15 is 0 Å². The highest BCUT2D eigenvalue weighted by Crippen LogP contribution is 2.22. The van der Waals surface area contributed by atoms with Gasteiger partial charge in [0, 0.05) is 30.4 Å². The van der Waals surface area contributed by atoms with Crippen molar-refractivity contribution in [2.75, 3.05) is 10.6 Å². The molecule has 2 aromatic rings. The molecule has 0 aliphatic heterocycles. The van der Waals surface area contributed by atoms with Crippen molar-refractivity contribution in [2.24, 2.45) is 0 Å². The van der Waals surface area contributed by atoms with E-state index in [9.17, 15) is 29.8 Å². The number of non-ortho nitro benzene ring substituents is 2. The van der Waals surface area contributed by atoms with Gasteiger partial charge in [0.2, 0.25) is 5.91 Å². The number of thiocarbonyl (C=S) groups is 1. The Kier molecular flexibility index (Phi) is 6.29. The van der Waals surface area contributed by atoms with Crippen molar-refractivity contribution >= 4 is 51.9 Å². The third kappa shape index (κ3) is 5.54. The predicted molar refractivity (Wildman–Crippen MR) is 104 cm³/mol. The summed E-state index contributed by atoms with van der Waals surface area (Å²) in [7, 11) is 0. The third-order valence-corrected chi connectivity index (χ3v) is 3.46. The SMILES string of the molecule is CC(=O)Nc1cccc(NC(=S)NC(=O)c2cc([N+](=O)[O-])cc([N+](=O)[O-])c2)c1. The van der Waals surface area contributed by atoms with Crippen molar-refractivity contribution < 1.29 is 19.4 Å². The summed E-state index contributed by atoms with van der Waals surface area (Å²) in [6.07, 6.45) is 0. The summed E-state index contributed by atoms with van der Waals surface area (Å²) in [5, 5.41) is 29.3. The van der Waals surface area contributed by atoms with Gasteiger partial charge in [0.15, 0.2) is 5.11 Å². The first-order chi connectivity index (χ1) is 13.2. The number of nitrogens with zero attached hydrogens (tertiary/aromatic N) is 2. The lowest BCUT2D eigenvalue weighted by Crippen LogP contribution is -2.34. The summed E-state index contributed by atoms with van der Waals surface area (Å²) in [6.45, 7) is 1.35. The van der Waals surface area contributed by atoms with E-state index in [1.54, 1.807) is 24.3 Å². The number of hydrogen-bond donors (Lipinski definition) is 3. The predicted octanol–water partition coefficient (Wildman–Crippen LogP) is 2.59. The summed E-state index contributed by atoms with van der Waals surface area (Å²) >= 11 is 5.01. The van der Waals surface area contributed by atoms with Gasteiger partial charge in [-0.15, -0.1) is 0 Å². The Hall–Kier alpha value is -3.93. The Bertz CT molecular complexity index is 961. The zero-order chi connectivity index (χ0) is 20.8. The van der Waals surface area contributed by atoms with Gasteiger partial charge in [-0.3, -0.25) is 35.1 Å². The van der Waals surface area contributed by atoms with Crippen LogP contribution in [0, 0.1) is 20.2 Å². The molecule has 0 unspecified atom stereocenters. The highest BCUT2D eigenvalue weighted by molar-refractivity contribution is 7.80. The third-order valence-electron chi connectivity index (χ3n) is 3.25. The quantitative estimate of drug-likeness (QED) is 0.390. The highest BCUT2D eigenvalue weighted by atomic mass is 32.1. The molecule has 0 spiro atoms. The normalized spacial score (nSPS) is 9.89. The Morgan fingerprint density at radius 1 is 0.929 bits per heavy atom. The van der Waals surface area contributed by atoms with Crippen molar-refractivity contribution in [3.8, 4) is 0 Å². The van der Waals surface area contributed by atoms with Crippen LogP contribution >= 0.6 is 12.2 Å². The minimum absolute atomic E-state index is 0.140. The molecular weight excluding hydrogens is 390 g/mol. The van der Waals surface area contributed by atoms with E-state index in [1.807, 2.05) is 0 Å². The fourth-order valence-corrected chi connectivity index (χ4v) is 2.36. The van der Waals surface area contributed by atoms with Gasteiger partial charge >= 0.3 is 0 Å². The fourth-order valence-electron chi connectivity index (χ4n) is 2.15. The molecule has 2 amide bonds. The van der Waals surface area contributed by atoms with Crippen LogP contribution in [0.15, 0.2) is 42.5 Å². The Labute approximate surface area is 163 Å². The van der Waals surface area contributed by atoms with Crippen molar-refractivity contribution in [1.82, 2.24) is 5.32 Å². The first kappa shape index (κ1) is 20.4. The fraction of sp³-hybridized carbons (Fsp3) is 0.0625. The van der Waals surface area contributed by atoms with Crippen LogP contribution in [0.2, 0.25) is 0 Å². The molecule has 144 valence electrons. The molecule has 0 aromatic heterocycles. The molecule has 0 bridgehead atoms. The topological polar surface area (TPSA) is 157 Å². The number of nitro benzene ring substituents is 2. The van der Waals surface area contributed by atoms with Gasteiger partial charge in [-0.05, 0) is 30.4 Å². The van der Waals surface area contributed by atoms with E-state index in [2.05, 4.69) is 16.0 Å². The molecule has 0 saturated heterocycles. The molecule has 0 radical (unpaired) electrons. The van der Waals surface area contributed by atoms with Crippen LogP contribution in [0.1, 0.15) is 17.3 Å². The Morgan fingerprint density at radius 2 is 1.46 bits per heavy atom. The number of carbonyl (C=O) groups excluding carboxylic acids is 2. The lowest BCUT2D eigenvalue weighted by atomic mass is 10.1. The van der Waals surface area contributed by atoms with Gasteiger partial charge in [0.1, 0.15) is 0 Å². The molecule has 0 aliphatic carbocycles. The molecule has 28 heavy (non-hydrogen) atoms. The van der Waals surface area contributed by atoms with E-state index in [4.69, 9.17) is 12.2 Å². The molecule has 3 N–H and O–H groups in total. The van der Waals surface area contributed by atoms with Crippen LogP contribution in [0.5, 0.6) is 0 Å². The summed E-state index contributed by atoms with van der Waals surface area (Å²) in [5.41, 5.74) is -0.526. The van der Waals surface area contributed by atoms with Gasteiger partial charge in [-0.25, -0.2) is 0 Å². The molecule has 12 heteroatoms. The number of nitro groups is 2. The monoisotopic (exact) mass is 403 g/mol. The van der Waals surface area contributed by atoms with E-state index in [-0.39, 0.29) is 16.6 Å². The van der Waals surface area contributed by atoms with Crippen molar-refractivity contribution in [3.63, 3.8) is 0 Å². The number of hydrogen-bond acceptors (Lipinski definition) is 7. The van der Waals surface area contributed by atoms with Gasteiger partial charge in [0.25, 0.3) is 17.3 Å². The number of amides is 2. The summed E-state index contributed by atoms with van der Waals surface area (Å²) in [4.78, 5) is 43.5. The first-order valence-electron chi connectivity index (χ1n) is 7.59. The summed E-state index contributed by atoms with van der Waals surface area (Å²) in [6, 6.07) is 9.05. The lowest BCUT2D eigenvalue weighted by molar-refractivity contribution is -0.394. The largest absolute Gasteiger partial charge is 0.332 e. The van der Waals surface area contributed by atoms with E-state index in [0.29, 0.717) is 11.4 Å². The number of benzene rings is 2. The number of anilines is 2.